The van der Waals surface area contributed by atoms with Crippen molar-refractivity contribution in [2.45, 2.75) is 58.0 Å². The minimum absolute atomic E-state index is 0.281. The summed E-state index contributed by atoms with van der Waals surface area (Å²) in [5, 5.41) is 0. The first-order valence-electron chi connectivity index (χ1n) is 9.14. The fourth-order valence-electron chi connectivity index (χ4n) is 2.93. The molecule has 138 valence electrons. The average molecular weight is 350 g/mol. The van der Waals surface area contributed by atoms with Crippen LogP contribution in [0.25, 0.3) is 0 Å². The van der Waals surface area contributed by atoms with Crippen molar-refractivity contribution < 1.29 is 28.5 Å². The number of hydrogen-bond acceptors (Lipinski definition) is 6. The molecule has 6 nitrogen and oxygen atoms in total. The normalized spacial score (nSPS) is 23.7. The molecule has 0 bridgehead atoms. The van der Waals surface area contributed by atoms with Crippen LogP contribution >= 0.6 is 0 Å². The van der Waals surface area contributed by atoms with Crippen molar-refractivity contribution in [2.75, 3.05) is 19.8 Å². The maximum atomic E-state index is 12.0. The molecule has 2 aliphatic rings. The van der Waals surface area contributed by atoms with Gasteiger partial charge in [-0.25, -0.2) is 4.79 Å². The first-order valence-corrected chi connectivity index (χ1v) is 9.14. The largest absolute Gasteiger partial charge is 0.462 e. The fraction of sp³-hybridized carbons (Fsp3) is 0.632. The van der Waals surface area contributed by atoms with Gasteiger partial charge in [0.25, 0.3) is 0 Å². The summed E-state index contributed by atoms with van der Waals surface area (Å²) in [6.45, 7) is 3.50. The number of carbonyl (C=O) groups is 1. The number of hydrogen-bond donors (Lipinski definition) is 0. The Morgan fingerprint density at radius 1 is 1.00 bits per heavy atom. The van der Waals surface area contributed by atoms with Gasteiger partial charge in [-0.3, -0.25) is 0 Å². The van der Waals surface area contributed by atoms with Crippen molar-refractivity contribution in [3.05, 3.63) is 23.8 Å². The van der Waals surface area contributed by atoms with Crippen LogP contribution < -0.4 is 9.47 Å². The molecule has 2 saturated heterocycles. The van der Waals surface area contributed by atoms with Crippen LogP contribution in [0.15, 0.2) is 18.2 Å². The van der Waals surface area contributed by atoms with Crippen LogP contribution in [0, 0.1) is 0 Å². The van der Waals surface area contributed by atoms with Gasteiger partial charge in [-0.15, -0.1) is 0 Å². The highest BCUT2D eigenvalue weighted by Crippen LogP contribution is 2.33. The summed E-state index contributed by atoms with van der Waals surface area (Å²) in [4.78, 5) is 12.0. The van der Waals surface area contributed by atoms with Gasteiger partial charge in [-0.05, 0) is 50.8 Å². The second-order valence-corrected chi connectivity index (χ2v) is 6.21. The Balaban J connectivity index is 1.77. The molecule has 0 amide bonds. The maximum Gasteiger partial charge on any atom is 0.338 e. The molecular weight excluding hydrogens is 324 g/mol. The highest BCUT2D eigenvalue weighted by atomic mass is 16.7. The van der Waals surface area contributed by atoms with Crippen molar-refractivity contribution in [1.82, 2.24) is 0 Å². The molecule has 2 fully saturated rings. The molecular formula is C19H26O6. The van der Waals surface area contributed by atoms with Gasteiger partial charge in [-0.2, -0.15) is 0 Å². The number of ether oxygens (including phenoxy) is 5. The molecule has 0 unspecified atom stereocenters. The standard InChI is InChI=1S/C19H26O6/c1-2-21-19(20)14-9-10-15(24-17-7-3-5-11-22-17)16(13-14)25-18-8-4-6-12-23-18/h9-10,13,17-18H,2-8,11-12H2,1H3/t17-,18+/m0/s1. The molecule has 0 spiro atoms. The number of esters is 1. The summed E-state index contributed by atoms with van der Waals surface area (Å²) < 4.78 is 28.3. The lowest BCUT2D eigenvalue weighted by Crippen LogP contribution is -2.27. The van der Waals surface area contributed by atoms with Crippen molar-refractivity contribution in [1.29, 1.82) is 0 Å². The van der Waals surface area contributed by atoms with E-state index in [1.165, 1.54) is 0 Å². The Kier molecular flexibility index (Phi) is 6.53. The van der Waals surface area contributed by atoms with Gasteiger partial charge in [0.15, 0.2) is 24.1 Å². The molecule has 2 atom stereocenters. The van der Waals surface area contributed by atoms with Gasteiger partial charge in [0.1, 0.15) is 0 Å². The Hall–Kier alpha value is -1.79. The monoisotopic (exact) mass is 350 g/mol. The van der Waals surface area contributed by atoms with E-state index in [0.717, 1.165) is 38.5 Å². The van der Waals surface area contributed by atoms with Crippen LogP contribution in [-0.4, -0.2) is 38.4 Å². The first kappa shape index (κ1) is 18.0. The summed E-state index contributed by atoms with van der Waals surface area (Å²) in [5.74, 6) is 0.679. The maximum absolute atomic E-state index is 12.0. The van der Waals surface area contributed by atoms with Gasteiger partial charge < -0.3 is 23.7 Å². The Morgan fingerprint density at radius 3 is 2.20 bits per heavy atom. The van der Waals surface area contributed by atoms with Crippen LogP contribution in [0.4, 0.5) is 0 Å². The molecule has 6 heteroatoms. The van der Waals surface area contributed by atoms with Crippen LogP contribution in [-0.2, 0) is 14.2 Å². The summed E-state index contributed by atoms with van der Waals surface area (Å²) in [7, 11) is 0. The zero-order valence-electron chi connectivity index (χ0n) is 14.7. The number of carbonyl (C=O) groups excluding carboxylic acids is 1. The van der Waals surface area contributed by atoms with Crippen LogP contribution in [0.3, 0.4) is 0 Å². The second-order valence-electron chi connectivity index (χ2n) is 6.21. The predicted molar refractivity (Wildman–Crippen MR) is 90.8 cm³/mol. The first-order chi connectivity index (χ1) is 12.3. The van der Waals surface area contributed by atoms with Gasteiger partial charge in [-0.1, -0.05) is 0 Å². The van der Waals surface area contributed by atoms with Crippen LogP contribution in [0.2, 0.25) is 0 Å². The highest BCUT2D eigenvalue weighted by molar-refractivity contribution is 5.90. The zero-order chi connectivity index (χ0) is 17.5. The van der Waals surface area contributed by atoms with Crippen molar-refractivity contribution in [3.63, 3.8) is 0 Å². The molecule has 0 aliphatic carbocycles. The molecule has 25 heavy (non-hydrogen) atoms. The van der Waals surface area contributed by atoms with E-state index in [9.17, 15) is 4.79 Å². The van der Waals surface area contributed by atoms with Gasteiger partial charge >= 0.3 is 5.97 Å². The van der Waals surface area contributed by atoms with Crippen LogP contribution in [0.5, 0.6) is 11.5 Å². The molecule has 2 heterocycles. The molecule has 1 aromatic rings. The average Bonchev–Trinajstić information content (AvgIpc) is 2.65. The van der Waals surface area contributed by atoms with E-state index in [0.29, 0.717) is 36.9 Å². The minimum atomic E-state index is -0.377. The Labute approximate surface area is 148 Å². The topological polar surface area (TPSA) is 63.2 Å². The third kappa shape index (κ3) is 5.09. The zero-order valence-corrected chi connectivity index (χ0v) is 14.7. The van der Waals surface area contributed by atoms with Crippen molar-refractivity contribution >= 4 is 5.97 Å². The lowest BCUT2D eigenvalue weighted by molar-refractivity contribution is -0.119. The number of benzene rings is 1. The predicted octanol–water partition coefficient (Wildman–Crippen LogP) is 3.67. The smallest absolute Gasteiger partial charge is 0.338 e. The molecule has 0 radical (unpaired) electrons. The minimum Gasteiger partial charge on any atom is -0.462 e. The molecule has 2 aliphatic heterocycles. The third-order valence-corrected chi connectivity index (χ3v) is 4.25. The second kappa shape index (κ2) is 9.06. The van der Waals surface area contributed by atoms with Gasteiger partial charge in [0, 0.05) is 12.8 Å². The lowest BCUT2D eigenvalue weighted by atomic mass is 10.1. The van der Waals surface area contributed by atoms with E-state index in [1.54, 1.807) is 25.1 Å². The summed E-state index contributed by atoms with van der Waals surface area (Å²) in [6, 6.07) is 5.08. The number of rotatable bonds is 6. The molecule has 0 N–H and O–H groups in total. The Bertz CT molecular complexity index is 561. The van der Waals surface area contributed by atoms with E-state index in [4.69, 9.17) is 23.7 Å². The quantitative estimate of drug-likeness (QED) is 0.730. The van der Waals surface area contributed by atoms with Crippen LogP contribution in [0.1, 0.15) is 55.8 Å². The fourth-order valence-corrected chi connectivity index (χ4v) is 2.93. The highest BCUT2D eigenvalue weighted by Gasteiger charge is 2.22. The van der Waals surface area contributed by atoms with E-state index >= 15 is 0 Å². The molecule has 0 aromatic heterocycles. The molecule has 3 rings (SSSR count). The summed E-state index contributed by atoms with van der Waals surface area (Å²) >= 11 is 0. The van der Waals surface area contributed by atoms with Gasteiger partial charge in [0.05, 0.1) is 25.4 Å². The van der Waals surface area contributed by atoms with E-state index in [-0.39, 0.29) is 18.5 Å². The summed E-state index contributed by atoms with van der Waals surface area (Å²) in [6.07, 6.45) is 5.31. The van der Waals surface area contributed by atoms with E-state index in [1.807, 2.05) is 0 Å². The third-order valence-electron chi connectivity index (χ3n) is 4.25. The lowest BCUT2D eigenvalue weighted by Gasteiger charge is -2.27. The van der Waals surface area contributed by atoms with Crippen molar-refractivity contribution in [2.24, 2.45) is 0 Å². The van der Waals surface area contributed by atoms with Gasteiger partial charge in [0.2, 0.25) is 0 Å². The van der Waals surface area contributed by atoms with E-state index < -0.39 is 0 Å². The summed E-state index contributed by atoms with van der Waals surface area (Å²) in [5.41, 5.74) is 0.435. The SMILES string of the molecule is CCOC(=O)c1ccc(O[C@H]2CCCCO2)c(O[C@@H]2CCCCO2)c1. The van der Waals surface area contributed by atoms with Crippen molar-refractivity contribution in [3.8, 4) is 11.5 Å². The molecule has 1 aromatic carbocycles. The van der Waals surface area contributed by atoms with E-state index in [2.05, 4.69) is 0 Å². The molecule has 0 saturated carbocycles. The Morgan fingerprint density at radius 2 is 1.64 bits per heavy atom.